The van der Waals surface area contributed by atoms with Crippen molar-refractivity contribution in [3.8, 4) is 11.1 Å². The average molecular weight is 481 g/mol. The molecule has 0 aromatic heterocycles. The minimum atomic E-state index is -1.36. The summed E-state index contributed by atoms with van der Waals surface area (Å²) >= 11 is 0. The summed E-state index contributed by atoms with van der Waals surface area (Å²) in [7, 11) is 0. The van der Waals surface area contributed by atoms with E-state index in [0.717, 1.165) is 16.7 Å². The molecule has 0 radical (unpaired) electrons. The molecule has 184 valence electrons. The largest absolute Gasteiger partial charge is 0.342 e. The van der Waals surface area contributed by atoms with E-state index >= 15 is 0 Å². The van der Waals surface area contributed by atoms with Crippen molar-refractivity contribution in [3.63, 3.8) is 0 Å². The topological polar surface area (TPSA) is 75.3 Å². The Balaban J connectivity index is 1.27. The van der Waals surface area contributed by atoms with Crippen molar-refractivity contribution in [1.29, 1.82) is 0 Å². The molecule has 1 aliphatic heterocycles. The molecule has 5 rings (SSSR count). The van der Waals surface area contributed by atoms with Crippen LogP contribution in [0.5, 0.6) is 0 Å². The third-order valence-electron chi connectivity index (χ3n) is 7.58. The summed E-state index contributed by atoms with van der Waals surface area (Å²) in [4.78, 5) is 39.1. The fraction of sp³-hybridized carbons (Fsp3) is 0.323. The van der Waals surface area contributed by atoms with E-state index in [1.54, 1.807) is 6.92 Å². The van der Waals surface area contributed by atoms with E-state index in [-0.39, 0.29) is 0 Å². The van der Waals surface area contributed by atoms with Crippen molar-refractivity contribution in [1.82, 2.24) is 5.32 Å². The van der Waals surface area contributed by atoms with E-state index < -0.39 is 29.1 Å². The molecule has 2 fully saturated rings. The second kappa shape index (κ2) is 10.1. The first kappa shape index (κ1) is 24.0. The van der Waals surface area contributed by atoms with Crippen LogP contribution in [0.2, 0.25) is 0 Å². The first-order valence-electron chi connectivity index (χ1n) is 12.8. The van der Waals surface area contributed by atoms with Gasteiger partial charge in [0.25, 0.3) is 0 Å². The Bertz CT molecular complexity index is 1260. The number of nitrogens with one attached hydrogen (secondary N) is 2. The predicted molar refractivity (Wildman–Crippen MR) is 142 cm³/mol. The van der Waals surface area contributed by atoms with Crippen LogP contribution in [0, 0.1) is 5.92 Å². The number of benzene rings is 3. The Hall–Kier alpha value is -3.73. The first-order valence-corrected chi connectivity index (χ1v) is 12.8. The molecule has 5 heteroatoms. The zero-order valence-corrected chi connectivity index (χ0v) is 20.6. The van der Waals surface area contributed by atoms with Crippen molar-refractivity contribution < 1.29 is 14.4 Å². The molecule has 36 heavy (non-hydrogen) atoms. The lowest BCUT2D eigenvalue weighted by molar-refractivity contribution is -0.135. The molecule has 2 aliphatic rings. The van der Waals surface area contributed by atoms with E-state index in [1.165, 1.54) is 37.7 Å². The van der Waals surface area contributed by atoms with Gasteiger partial charge < -0.3 is 10.6 Å². The smallest absolute Gasteiger partial charge is 0.244 e. The van der Waals surface area contributed by atoms with Crippen molar-refractivity contribution in [2.75, 3.05) is 5.32 Å². The number of Topliss-reactive ketones (excluding diaryl/α,β-unsaturated/α-hetero) is 1. The fourth-order valence-electron chi connectivity index (χ4n) is 5.60. The summed E-state index contributed by atoms with van der Waals surface area (Å²) in [6, 6.07) is 25.8. The number of hydrogen-bond acceptors (Lipinski definition) is 3. The van der Waals surface area contributed by atoms with Gasteiger partial charge in [-0.1, -0.05) is 86.0 Å². The molecule has 2 atom stereocenters. The minimum absolute atomic E-state index is 0.318. The molecule has 1 saturated carbocycles. The lowest BCUT2D eigenvalue weighted by Gasteiger charge is -2.23. The molecule has 2 unspecified atom stereocenters. The molecule has 3 aromatic carbocycles. The van der Waals surface area contributed by atoms with Gasteiger partial charge >= 0.3 is 0 Å². The zero-order valence-electron chi connectivity index (χ0n) is 20.6. The van der Waals surface area contributed by atoms with E-state index in [2.05, 4.69) is 10.6 Å². The normalized spacial score (nSPS) is 22.3. The van der Waals surface area contributed by atoms with Gasteiger partial charge in [0.05, 0.1) is 0 Å². The van der Waals surface area contributed by atoms with Gasteiger partial charge in [0.2, 0.25) is 11.8 Å². The standard InChI is InChI=1S/C31H32N2O3/c1-31(20-21-9-8-14-25(19-21)23-12-6-3-7-13-23)28(34)27(30(36)33-31)29(35)32-26-17-15-24(16-18-26)22-10-4-2-5-11-22/h3,6-9,12-19,22,27H,2,4-5,10-11,20H2,1H3,(H,32,35)(H,33,36). The molecule has 2 N–H and O–H groups in total. The second-order valence-corrected chi connectivity index (χ2v) is 10.3. The number of rotatable bonds is 6. The van der Waals surface area contributed by atoms with Gasteiger partial charge in [0.15, 0.2) is 11.7 Å². The highest BCUT2D eigenvalue weighted by molar-refractivity contribution is 6.27. The average Bonchev–Trinajstić information content (AvgIpc) is 3.12. The SMILES string of the molecule is CC1(Cc2cccc(-c3ccccc3)c2)NC(=O)C(C(=O)Nc2ccc(C3CCCCC3)cc2)C1=O. The molecule has 5 nitrogen and oxygen atoms in total. The van der Waals surface area contributed by atoms with Gasteiger partial charge in [0, 0.05) is 12.1 Å². The predicted octanol–water partition coefficient (Wildman–Crippen LogP) is 5.66. The van der Waals surface area contributed by atoms with Crippen molar-refractivity contribution >= 4 is 23.3 Å². The Morgan fingerprint density at radius 3 is 2.31 bits per heavy atom. The highest BCUT2D eigenvalue weighted by Gasteiger charge is 2.52. The van der Waals surface area contributed by atoms with Crippen LogP contribution in [-0.2, 0) is 20.8 Å². The molecule has 1 heterocycles. The summed E-state index contributed by atoms with van der Waals surface area (Å²) in [5, 5.41) is 5.59. The quantitative estimate of drug-likeness (QED) is 0.447. The number of carbonyl (C=O) groups excluding carboxylic acids is 3. The highest BCUT2D eigenvalue weighted by Crippen LogP contribution is 2.33. The number of ketones is 1. The van der Waals surface area contributed by atoms with Gasteiger partial charge in [-0.3, -0.25) is 14.4 Å². The Kier molecular flexibility index (Phi) is 6.73. The van der Waals surface area contributed by atoms with Gasteiger partial charge in [-0.05, 0) is 60.1 Å². The van der Waals surface area contributed by atoms with Crippen molar-refractivity contribution in [3.05, 3.63) is 90.0 Å². The van der Waals surface area contributed by atoms with Crippen LogP contribution in [0.3, 0.4) is 0 Å². The first-order chi connectivity index (χ1) is 17.4. The number of hydrogen-bond donors (Lipinski definition) is 2. The number of carbonyl (C=O) groups is 3. The number of anilines is 1. The van der Waals surface area contributed by atoms with Gasteiger partial charge in [-0.25, -0.2) is 0 Å². The van der Waals surface area contributed by atoms with Crippen LogP contribution in [0.15, 0.2) is 78.9 Å². The van der Waals surface area contributed by atoms with Crippen LogP contribution in [0.25, 0.3) is 11.1 Å². The van der Waals surface area contributed by atoms with E-state index in [0.29, 0.717) is 18.0 Å². The van der Waals surface area contributed by atoms with Gasteiger partial charge in [0.1, 0.15) is 5.54 Å². The van der Waals surface area contributed by atoms with Crippen LogP contribution in [0.1, 0.15) is 56.1 Å². The maximum Gasteiger partial charge on any atom is 0.244 e. The molecule has 1 saturated heterocycles. The van der Waals surface area contributed by atoms with E-state index in [1.807, 2.05) is 78.9 Å². The maximum atomic E-state index is 13.3. The van der Waals surface area contributed by atoms with Crippen LogP contribution >= 0.6 is 0 Å². The summed E-state index contributed by atoms with van der Waals surface area (Å²) in [6.45, 7) is 1.70. The summed E-state index contributed by atoms with van der Waals surface area (Å²) in [5.41, 5.74) is 3.79. The minimum Gasteiger partial charge on any atom is -0.342 e. The van der Waals surface area contributed by atoms with Crippen LogP contribution < -0.4 is 10.6 Å². The third-order valence-corrected chi connectivity index (χ3v) is 7.58. The van der Waals surface area contributed by atoms with Crippen LogP contribution in [-0.4, -0.2) is 23.1 Å². The third kappa shape index (κ3) is 4.97. The van der Waals surface area contributed by atoms with Crippen molar-refractivity contribution in [2.24, 2.45) is 5.92 Å². The van der Waals surface area contributed by atoms with Gasteiger partial charge in [-0.15, -0.1) is 0 Å². The Morgan fingerprint density at radius 1 is 0.889 bits per heavy atom. The molecule has 0 spiro atoms. The van der Waals surface area contributed by atoms with Crippen molar-refractivity contribution in [2.45, 2.75) is 56.9 Å². The molecule has 3 aromatic rings. The van der Waals surface area contributed by atoms with E-state index in [9.17, 15) is 14.4 Å². The monoisotopic (exact) mass is 480 g/mol. The van der Waals surface area contributed by atoms with Crippen LogP contribution in [0.4, 0.5) is 5.69 Å². The Morgan fingerprint density at radius 2 is 1.58 bits per heavy atom. The van der Waals surface area contributed by atoms with E-state index in [4.69, 9.17) is 0 Å². The summed E-state index contributed by atoms with van der Waals surface area (Å²) in [6.07, 6.45) is 6.55. The lowest BCUT2D eigenvalue weighted by Crippen LogP contribution is -2.45. The van der Waals surface area contributed by atoms with Gasteiger partial charge in [-0.2, -0.15) is 0 Å². The highest BCUT2D eigenvalue weighted by atomic mass is 16.2. The molecule has 1 aliphatic carbocycles. The number of amides is 2. The molecule has 2 amide bonds. The molecular formula is C31H32N2O3. The molecule has 0 bridgehead atoms. The zero-order chi connectivity index (χ0) is 25.1. The Labute approximate surface area is 212 Å². The summed E-state index contributed by atoms with van der Waals surface area (Å²) in [5.74, 6) is -2.30. The summed E-state index contributed by atoms with van der Waals surface area (Å²) < 4.78 is 0. The molecular weight excluding hydrogens is 448 g/mol. The second-order valence-electron chi connectivity index (χ2n) is 10.3. The fourth-order valence-corrected chi connectivity index (χ4v) is 5.60. The lowest BCUT2D eigenvalue weighted by atomic mass is 9.84. The maximum absolute atomic E-state index is 13.3.